The zero-order valence-corrected chi connectivity index (χ0v) is 18.9. The Morgan fingerprint density at radius 2 is 1.61 bits per heavy atom. The Balaban J connectivity index is 1.25. The van der Waals surface area contributed by atoms with Crippen molar-refractivity contribution in [2.45, 2.75) is 32.4 Å². The first-order valence-electron chi connectivity index (χ1n) is 11.3. The highest BCUT2D eigenvalue weighted by Gasteiger charge is 2.22. The first-order chi connectivity index (χ1) is 15.2. The van der Waals surface area contributed by atoms with E-state index in [9.17, 15) is 4.79 Å². The number of hydrogen-bond donors (Lipinski definition) is 1. The number of nitrogens with zero attached hydrogens (tertiary/aromatic N) is 5. The summed E-state index contributed by atoms with van der Waals surface area (Å²) in [6, 6.07) is 10.1. The molecule has 0 saturated carbocycles. The lowest BCUT2D eigenvalue weighted by atomic mass is 10.2. The maximum atomic E-state index is 12.6. The van der Waals surface area contributed by atoms with E-state index in [0.717, 1.165) is 63.5 Å². The molecule has 0 aliphatic carbocycles. The van der Waals surface area contributed by atoms with Crippen molar-refractivity contribution in [3.05, 3.63) is 46.5 Å². The molecule has 31 heavy (non-hydrogen) atoms. The number of rotatable bonds is 6. The van der Waals surface area contributed by atoms with E-state index in [4.69, 9.17) is 12.2 Å². The van der Waals surface area contributed by atoms with Crippen LogP contribution in [-0.2, 0) is 11.5 Å². The van der Waals surface area contributed by atoms with Crippen LogP contribution in [0, 0.1) is 4.77 Å². The van der Waals surface area contributed by atoms with Crippen molar-refractivity contribution in [2.75, 3.05) is 45.8 Å². The molecule has 0 unspecified atom stereocenters. The Bertz CT molecular complexity index is 921. The minimum atomic E-state index is 0.293. The van der Waals surface area contributed by atoms with Gasteiger partial charge in [-0.3, -0.25) is 19.7 Å². The Kier molecular flexibility index (Phi) is 7.66. The SMILES string of the molecule is O=C(CN1CCN(Cn2[nH]c(/C=C/c3ccccc3)nc2=S)CC1)N1CCCCCC1. The zero-order chi connectivity index (χ0) is 21.5. The molecule has 0 radical (unpaired) electrons. The van der Waals surface area contributed by atoms with Gasteiger partial charge in [-0.05, 0) is 36.7 Å². The van der Waals surface area contributed by atoms with E-state index in [0.29, 0.717) is 23.9 Å². The van der Waals surface area contributed by atoms with Crippen LogP contribution >= 0.6 is 12.2 Å². The number of aromatic amines is 1. The lowest BCUT2D eigenvalue weighted by Gasteiger charge is -2.35. The smallest absolute Gasteiger partial charge is 0.236 e. The van der Waals surface area contributed by atoms with Gasteiger partial charge in [0.2, 0.25) is 10.7 Å². The predicted molar refractivity (Wildman–Crippen MR) is 126 cm³/mol. The van der Waals surface area contributed by atoms with Crippen molar-refractivity contribution in [1.82, 2.24) is 29.5 Å². The Morgan fingerprint density at radius 3 is 2.32 bits per heavy atom. The number of nitrogens with one attached hydrogen (secondary N) is 1. The summed E-state index contributed by atoms with van der Waals surface area (Å²) < 4.78 is 2.48. The van der Waals surface area contributed by atoms with Crippen molar-refractivity contribution in [3.63, 3.8) is 0 Å². The minimum absolute atomic E-state index is 0.293. The topological polar surface area (TPSA) is 60.4 Å². The van der Waals surface area contributed by atoms with E-state index < -0.39 is 0 Å². The maximum Gasteiger partial charge on any atom is 0.236 e. The van der Waals surface area contributed by atoms with Crippen molar-refractivity contribution in [1.29, 1.82) is 0 Å². The summed E-state index contributed by atoms with van der Waals surface area (Å²) in [5.41, 5.74) is 1.13. The average molecular weight is 441 g/mol. The van der Waals surface area contributed by atoms with Crippen LogP contribution in [0.1, 0.15) is 37.1 Å². The van der Waals surface area contributed by atoms with E-state index in [1.54, 1.807) is 0 Å². The second-order valence-corrected chi connectivity index (χ2v) is 8.76. The molecular formula is C23H32N6OS. The fraction of sp³-hybridized carbons (Fsp3) is 0.522. The molecule has 0 spiro atoms. The lowest BCUT2D eigenvalue weighted by Crippen LogP contribution is -2.50. The minimum Gasteiger partial charge on any atom is -0.342 e. The van der Waals surface area contributed by atoms with Crippen LogP contribution in [0.2, 0.25) is 0 Å². The number of carbonyl (C=O) groups is 1. The Morgan fingerprint density at radius 1 is 0.935 bits per heavy atom. The molecule has 1 amide bonds. The molecule has 166 valence electrons. The monoisotopic (exact) mass is 440 g/mol. The number of likely N-dealkylation sites (tertiary alicyclic amines) is 1. The molecular weight excluding hydrogens is 408 g/mol. The van der Waals surface area contributed by atoms with E-state index >= 15 is 0 Å². The molecule has 3 heterocycles. The number of piperazine rings is 1. The molecule has 0 atom stereocenters. The third-order valence-electron chi connectivity index (χ3n) is 6.05. The fourth-order valence-corrected chi connectivity index (χ4v) is 4.39. The van der Waals surface area contributed by atoms with Crippen molar-refractivity contribution in [2.24, 2.45) is 0 Å². The second kappa shape index (κ2) is 10.8. The van der Waals surface area contributed by atoms with Crippen LogP contribution in [0.5, 0.6) is 0 Å². The van der Waals surface area contributed by atoms with Gasteiger partial charge in [-0.15, -0.1) is 0 Å². The maximum absolute atomic E-state index is 12.6. The van der Waals surface area contributed by atoms with Gasteiger partial charge in [0.15, 0.2) is 0 Å². The first-order valence-corrected chi connectivity index (χ1v) is 11.7. The quantitative estimate of drug-likeness (QED) is 0.700. The predicted octanol–water partition coefficient (Wildman–Crippen LogP) is 3.09. The molecule has 2 saturated heterocycles. The lowest BCUT2D eigenvalue weighted by molar-refractivity contribution is -0.132. The average Bonchev–Trinajstić information content (AvgIpc) is 2.97. The van der Waals surface area contributed by atoms with E-state index in [2.05, 4.69) is 36.9 Å². The fourth-order valence-electron chi connectivity index (χ4n) is 4.18. The van der Waals surface area contributed by atoms with Gasteiger partial charge in [0.25, 0.3) is 0 Å². The van der Waals surface area contributed by atoms with Gasteiger partial charge in [-0.2, -0.15) is 4.98 Å². The van der Waals surface area contributed by atoms with Gasteiger partial charge in [-0.25, -0.2) is 4.68 Å². The van der Waals surface area contributed by atoms with Gasteiger partial charge in [0, 0.05) is 39.3 Å². The van der Waals surface area contributed by atoms with E-state index in [-0.39, 0.29) is 0 Å². The zero-order valence-electron chi connectivity index (χ0n) is 18.1. The van der Waals surface area contributed by atoms with Crippen LogP contribution in [0.25, 0.3) is 12.2 Å². The number of aromatic nitrogens is 3. The summed E-state index contributed by atoms with van der Waals surface area (Å²) in [5.74, 6) is 1.05. The molecule has 1 N–H and O–H groups in total. The van der Waals surface area contributed by atoms with Gasteiger partial charge in [0.05, 0.1) is 13.2 Å². The molecule has 8 heteroatoms. The highest BCUT2D eigenvalue weighted by molar-refractivity contribution is 7.71. The molecule has 2 aliphatic heterocycles. The first kappa shape index (κ1) is 21.9. The number of amides is 1. The summed E-state index contributed by atoms with van der Waals surface area (Å²) in [7, 11) is 0. The van der Waals surface area contributed by atoms with Crippen molar-refractivity contribution in [3.8, 4) is 0 Å². The normalized spacial score (nSPS) is 19.0. The molecule has 7 nitrogen and oxygen atoms in total. The van der Waals surface area contributed by atoms with Crippen molar-refractivity contribution >= 4 is 30.3 Å². The number of H-pyrrole nitrogens is 1. The largest absolute Gasteiger partial charge is 0.342 e. The highest BCUT2D eigenvalue weighted by atomic mass is 32.1. The van der Waals surface area contributed by atoms with Gasteiger partial charge in [-0.1, -0.05) is 49.2 Å². The van der Waals surface area contributed by atoms with Crippen molar-refractivity contribution < 1.29 is 4.79 Å². The molecule has 2 aliphatic rings. The third kappa shape index (κ3) is 6.35. The standard InChI is InChI=1S/C23H32N6OS/c30-22(28-12-6-1-2-7-13-28)18-26-14-16-27(17-15-26)19-29-23(31)24-21(25-29)11-10-20-8-4-3-5-9-20/h3-5,8-11H,1-2,6-7,12-19H2,(H,24,25,31)/b11-10+. The van der Waals surface area contributed by atoms with Crippen LogP contribution in [-0.4, -0.2) is 81.2 Å². The van der Waals surface area contributed by atoms with Gasteiger partial charge in [0.1, 0.15) is 5.82 Å². The van der Waals surface area contributed by atoms with Crippen LogP contribution in [0.3, 0.4) is 0 Å². The summed E-state index contributed by atoms with van der Waals surface area (Å²) >= 11 is 5.44. The molecule has 1 aromatic heterocycles. The van der Waals surface area contributed by atoms with E-state index in [1.165, 1.54) is 12.8 Å². The molecule has 0 bridgehead atoms. The van der Waals surface area contributed by atoms with Gasteiger partial charge < -0.3 is 4.90 Å². The molecule has 1 aromatic carbocycles. The Hall–Kier alpha value is -2.29. The number of carbonyl (C=O) groups excluding carboxylic acids is 1. The highest BCUT2D eigenvalue weighted by Crippen LogP contribution is 2.11. The molecule has 4 rings (SSSR count). The van der Waals surface area contributed by atoms with E-state index in [1.807, 2.05) is 35.0 Å². The second-order valence-electron chi connectivity index (χ2n) is 8.39. The van der Waals surface area contributed by atoms with Crippen LogP contribution in [0.4, 0.5) is 0 Å². The summed E-state index contributed by atoms with van der Waals surface area (Å²) in [4.78, 5) is 23.8. The van der Waals surface area contributed by atoms with Crippen LogP contribution < -0.4 is 0 Å². The molecule has 2 aromatic rings. The summed E-state index contributed by atoms with van der Waals surface area (Å²) in [6.07, 6.45) is 8.77. The molecule has 2 fully saturated rings. The summed E-state index contributed by atoms with van der Waals surface area (Å²) in [5, 5.41) is 3.29. The van der Waals surface area contributed by atoms with Crippen LogP contribution in [0.15, 0.2) is 30.3 Å². The third-order valence-corrected chi connectivity index (χ3v) is 6.37. The Labute approximate surface area is 189 Å². The van der Waals surface area contributed by atoms with Gasteiger partial charge >= 0.3 is 0 Å². The summed E-state index contributed by atoms with van der Waals surface area (Å²) in [6.45, 7) is 6.75. The number of hydrogen-bond acceptors (Lipinski definition) is 5. The number of benzene rings is 1.